The highest BCUT2D eigenvalue weighted by Crippen LogP contribution is 2.26. The maximum absolute atomic E-state index is 12.3. The zero-order valence-corrected chi connectivity index (χ0v) is 19.6. The van der Waals surface area contributed by atoms with Crippen molar-refractivity contribution in [3.63, 3.8) is 0 Å². The first-order valence-corrected chi connectivity index (χ1v) is 11.4. The highest BCUT2D eigenvalue weighted by molar-refractivity contribution is 7.99. The van der Waals surface area contributed by atoms with Crippen LogP contribution in [0.3, 0.4) is 0 Å². The van der Waals surface area contributed by atoms with Gasteiger partial charge >= 0.3 is 0 Å². The van der Waals surface area contributed by atoms with Crippen molar-refractivity contribution in [2.75, 3.05) is 32.1 Å². The van der Waals surface area contributed by atoms with Gasteiger partial charge in [0.15, 0.2) is 10.8 Å². The molecule has 0 unspecified atom stereocenters. The van der Waals surface area contributed by atoms with Crippen LogP contribution in [0.5, 0.6) is 0 Å². The molecule has 0 aliphatic rings. The minimum absolute atomic E-state index is 0.00205. The third-order valence-electron chi connectivity index (χ3n) is 4.57. The van der Waals surface area contributed by atoms with Crippen LogP contribution in [0.4, 0.5) is 11.5 Å². The van der Waals surface area contributed by atoms with E-state index in [2.05, 4.69) is 39.5 Å². The number of rotatable bonds is 12. The second-order valence-corrected chi connectivity index (χ2v) is 9.04. The van der Waals surface area contributed by atoms with Gasteiger partial charge in [-0.15, -0.1) is 0 Å². The first-order valence-electron chi connectivity index (χ1n) is 10.5. The molecule has 0 saturated carbocycles. The van der Waals surface area contributed by atoms with Crippen LogP contribution in [0.15, 0.2) is 35.6 Å². The second-order valence-electron chi connectivity index (χ2n) is 7.50. The van der Waals surface area contributed by atoms with E-state index >= 15 is 0 Å². The number of methoxy groups -OCH3 is 1. The molecule has 2 N–H and O–H groups in total. The molecule has 0 bridgehead atoms. The molecule has 0 aliphatic carbocycles. The number of carbonyl (C=O) groups is 1. The van der Waals surface area contributed by atoms with Crippen molar-refractivity contribution in [3.8, 4) is 0 Å². The summed E-state index contributed by atoms with van der Waals surface area (Å²) in [7, 11) is 1.64. The number of aromatic nitrogens is 4. The maximum Gasteiger partial charge on any atom is 0.269 e. The molecular weight excluding hydrogens is 446 g/mol. The number of nitrogens with one attached hydrogen (secondary N) is 2. The van der Waals surface area contributed by atoms with E-state index in [1.54, 1.807) is 41.9 Å². The lowest BCUT2D eigenvalue weighted by molar-refractivity contribution is -0.384. The third-order valence-corrected chi connectivity index (χ3v) is 5.44. The fraction of sp³-hybridized carbons (Fsp3) is 0.429. The van der Waals surface area contributed by atoms with E-state index in [0.29, 0.717) is 53.7 Å². The number of thioether (sulfide) groups is 1. The molecule has 176 valence electrons. The van der Waals surface area contributed by atoms with Crippen LogP contribution in [-0.2, 0) is 22.5 Å². The molecule has 2 aromatic heterocycles. The molecule has 0 radical (unpaired) electrons. The van der Waals surface area contributed by atoms with Crippen molar-refractivity contribution in [2.45, 2.75) is 37.2 Å². The average molecular weight is 474 g/mol. The summed E-state index contributed by atoms with van der Waals surface area (Å²) in [5.74, 6) is 0.529. The number of benzene rings is 1. The lowest BCUT2D eigenvalue weighted by atomic mass is 10.1. The maximum atomic E-state index is 12.3. The minimum atomic E-state index is -0.467. The Morgan fingerprint density at radius 1 is 1.24 bits per heavy atom. The Kier molecular flexibility index (Phi) is 8.55. The fourth-order valence-electron chi connectivity index (χ4n) is 3.05. The quantitative estimate of drug-likeness (QED) is 0.134. The normalized spacial score (nSPS) is 11.2. The Bertz CT molecular complexity index is 1100. The van der Waals surface area contributed by atoms with E-state index in [0.717, 1.165) is 5.39 Å². The summed E-state index contributed by atoms with van der Waals surface area (Å²) in [5.41, 5.74) is 1.40. The number of non-ortho nitro benzene ring substituents is 1. The van der Waals surface area contributed by atoms with E-state index in [1.165, 1.54) is 12.1 Å². The van der Waals surface area contributed by atoms with E-state index in [-0.39, 0.29) is 18.0 Å². The summed E-state index contributed by atoms with van der Waals surface area (Å²) in [4.78, 5) is 31.8. The lowest BCUT2D eigenvalue weighted by Gasteiger charge is -2.11. The average Bonchev–Trinajstić information content (AvgIpc) is 3.17. The number of hydrogen-bond donors (Lipinski definition) is 2. The largest absolute Gasteiger partial charge is 0.383 e. The first kappa shape index (κ1) is 24.4. The van der Waals surface area contributed by atoms with Crippen molar-refractivity contribution in [2.24, 2.45) is 0 Å². The molecule has 3 rings (SSSR count). The molecule has 11 nitrogen and oxygen atoms in total. The van der Waals surface area contributed by atoms with Gasteiger partial charge in [0, 0.05) is 37.6 Å². The molecule has 12 heteroatoms. The summed E-state index contributed by atoms with van der Waals surface area (Å²) in [6.45, 7) is 6.12. The summed E-state index contributed by atoms with van der Waals surface area (Å²) in [6, 6.07) is 5.95. The minimum Gasteiger partial charge on any atom is -0.383 e. The highest BCUT2D eigenvalue weighted by Gasteiger charge is 2.14. The third kappa shape index (κ3) is 6.86. The smallest absolute Gasteiger partial charge is 0.269 e. The summed E-state index contributed by atoms with van der Waals surface area (Å²) in [6.07, 6.45) is 1.86. The van der Waals surface area contributed by atoms with Gasteiger partial charge in [0.05, 0.1) is 36.1 Å². The molecule has 0 fully saturated rings. The molecule has 0 saturated heterocycles. The Morgan fingerprint density at radius 2 is 2.00 bits per heavy atom. The molecule has 33 heavy (non-hydrogen) atoms. The fourth-order valence-corrected chi connectivity index (χ4v) is 3.76. The number of nitro groups is 1. The van der Waals surface area contributed by atoms with Gasteiger partial charge in [-0.25, -0.2) is 14.6 Å². The molecule has 0 atom stereocenters. The van der Waals surface area contributed by atoms with Gasteiger partial charge in [0.2, 0.25) is 5.91 Å². The number of fused-ring (bicyclic) bond motifs is 1. The van der Waals surface area contributed by atoms with Gasteiger partial charge < -0.3 is 15.4 Å². The standard InChI is InChI=1S/C21H27N7O4S/c1-14(2)33-21-25-19(23-9-11-32-3)17-13-24-27(20(17)26-21)10-8-22-18(29)12-15-4-6-16(7-5-15)28(30)31/h4-7,13-14H,8-12H2,1-3H3,(H,22,29)(H,23,25,26). The van der Waals surface area contributed by atoms with E-state index in [4.69, 9.17) is 4.74 Å². The van der Waals surface area contributed by atoms with Crippen molar-refractivity contribution >= 4 is 40.2 Å². The van der Waals surface area contributed by atoms with E-state index in [1.807, 2.05) is 0 Å². The number of nitro benzene ring substituents is 1. The number of ether oxygens (including phenoxy) is 1. The number of nitrogens with zero attached hydrogens (tertiary/aromatic N) is 5. The summed E-state index contributed by atoms with van der Waals surface area (Å²) < 4.78 is 6.85. The van der Waals surface area contributed by atoms with Crippen molar-refractivity contribution < 1.29 is 14.5 Å². The molecule has 3 aromatic rings. The number of anilines is 1. The second kappa shape index (κ2) is 11.6. The molecule has 1 amide bonds. The van der Waals surface area contributed by atoms with E-state index < -0.39 is 4.92 Å². The van der Waals surface area contributed by atoms with Crippen LogP contribution in [0.2, 0.25) is 0 Å². The van der Waals surface area contributed by atoms with Crippen LogP contribution < -0.4 is 10.6 Å². The highest BCUT2D eigenvalue weighted by atomic mass is 32.2. The van der Waals surface area contributed by atoms with Crippen molar-refractivity contribution in [1.29, 1.82) is 0 Å². The van der Waals surface area contributed by atoms with Gasteiger partial charge in [-0.1, -0.05) is 37.7 Å². The van der Waals surface area contributed by atoms with E-state index in [9.17, 15) is 14.9 Å². The van der Waals surface area contributed by atoms with Crippen molar-refractivity contribution in [1.82, 2.24) is 25.1 Å². The Labute approximate surface area is 195 Å². The van der Waals surface area contributed by atoms with Gasteiger partial charge in [-0.05, 0) is 5.56 Å². The Morgan fingerprint density at radius 3 is 2.67 bits per heavy atom. The zero-order valence-electron chi connectivity index (χ0n) is 18.8. The molecule has 2 heterocycles. The van der Waals surface area contributed by atoms with Crippen LogP contribution in [0.25, 0.3) is 11.0 Å². The number of hydrogen-bond acceptors (Lipinski definition) is 9. The predicted octanol–water partition coefficient (Wildman–Crippen LogP) is 2.65. The van der Waals surface area contributed by atoms with Gasteiger partial charge in [0.25, 0.3) is 5.69 Å². The Balaban J connectivity index is 1.64. The van der Waals surface area contributed by atoms with Crippen LogP contribution in [0.1, 0.15) is 19.4 Å². The summed E-state index contributed by atoms with van der Waals surface area (Å²) >= 11 is 1.57. The van der Waals surface area contributed by atoms with Gasteiger partial charge in [-0.3, -0.25) is 14.9 Å². The summed E-state index contributed by atoms with van der Waals surface area (Å²) in [5, 5.41) is 23.1. The van der Waals surface area contributed by atoms with Gasteiger partial charge in [0.1, 0.15) is 5.82 Å². The molecular formula is C21H27N7O4S. The zero-order chi connectivity index (χ0) is 23.8. The number of carbonyl (C=O) groups excluding carboxylic acids is 1. The molecule has 1 aromatic carbocycles. The molecule has 0 spiro atoms. The monoisotopic (exact) mass is 473 g/mol. The SMILES string of the molecule is COCCNc1nc(SC(C)C)nc2c1cnn2CCNC(=O)Cc1ccc([N+](=O)[O-])cc1. The Hall–Kier alpha value is -3.25. The first-order chi connectivity index (χ1) is 15.9. The van der Waals surface area contributed by atoms with Crippen LogP contribution in [0, 0.1) is 10.1 Å². The van der Waals surface area contributed by atoms with Crippen molar-refractivity contribution in [3.05, 3.63) is 46.1 Å². The van der Waals surface area contributed by atoms with Gasteiger partial charge in [-0.2, -0.15) is 5.10 Å². The topological polar surface area (TPSA) is 137 Å². The molecule has 0 aliphatic heterocycles. The predicted molar refractivity (Wildman–Crippen MR) is 126 cm³/mol. The number of amides is 1. The van der Waals surface area contributed by atoms with Crippen LogP contribution >= 0.6 is 11.8 Å². The van der Waals surface area contributed by atoms with Crippen LogP contribution in [-0.4, -0.2) is 62.6 Å². The lowest BCUT2D eigenvalue weighted by Crippen LogP contribution is -2.28.